The van der Waals surface area contributed by atoms with Crippen LogP contribution in [0.5, 0.6) is 0 Å². The summed E-state index contributed by atoms with van der Waals surface area (Å²) in [5, 5.41) is 12.4. The lowest BCUT2D eigenvalue weighted by molar-refractivity contribution is 1.08. The molecule has 232 valence electrons. The third kappa shape index (κ3) is 4.63. The largest absolute Gasteiger partial charge is 0.208 e. The zero-order valence-corrected chi connectivity index (χ0v) is 27.1. The van der Waals surface area contributed by atoms with Gasteiger partial charge in [0.05, 0.1) is 0 Å². The minimum atomic E-state index is 0.656. The lowest BCUT2D eigenvalue weighted by Crippen LogP contribution is -2.00. The van der Waals surface area contributed by atoms with Gasteiger partial charge in [0.2, 0.25) is 0 Å². The van der Waals surface area contributed by atoms with E-state index in [1.54, 1.807) is 0 Å². The van der Waals surface area contributed by atoms with Crippen molar-refractivity contribution in [2.24, 2.45) is 0 Å². The zero-order chi connectivity index (χ0) is 33.0. The van der Waals surface area contributed by atoms with Gasteiger partial charge in [-0.2, -0.15) is 0 Å². The monoisotopic (exact) mass is 635 g/mol. The second-order valence-electron chi connectivity index (χ2n) is 12.8. The number of fused-ring (bicyclic) bond motifs is 8. The summed E-state index contributed by atoms with van der Waals surface area (Å²) in [5.41, 5.74) is 5.24. The van der Waals surface area contributed by atoms with Gasteiger partial charge < -0.3 is 0 Å². The van der Waals surface area contributed by atoms with Crippen LogP contribution >= 0.6 is 0 Å². The Kier molecular flexibility index (Phi) is 6.49. The topological polar surface area (TPSA) is 38.7 Å². The van der Waals surface area contributed by atoms with Crippen molar-refractivity contribution in [3.63, 3.8) is 0 Å². The van der Waals surface area contributed by atoms with Crippen LogP contribution in [0.1, 0.15) is 0 Å². The van der Waals surface area contributed by atoms with Crippen LogP contribution < -0.4 is 0 Å². The Morgan fingerprint density at radius 2 is 0.760 bits per heavy atom. The zero-order valence-electron chi connectivity index (χ0n) is 27.1. The summed E-state index contributed by atoms with van der Waals surface area (Å²) >= 11 is 0. The average Bonchev–Trinajstić information content (AvgIpc) is 3.20. The molecular formula is C47H29N3. The molecule has 0 aliphatic heterocycles. The van der Waals surface area contributed by atoms with Crippen molar-refractivity contribution in [2.45, 2.75) is 0 Å². The van der Waals surface area contributed by atoms with Crippen LogP contribution in [0.4, 0.5) is 0 Å². The van der Waals surface area contributed by atoms with E-state index >= 15 is 0 Å². The van der Waals surface area contributed by atoms with Gasteiger partial charge in [0.25, 0.3) is 0 Å². The Morgan fingerprint density at radius 3 is 1.50 bits per heavy atom. The molecule has 0 aliphatic carbocycles. The van der Waals surface area contributed by atoms with Crippen LogP contribution in [-0.2, 0) is 0 Å². The van der Waals surface area contributed by atoms with Gasteiger partial charge in [0, 0.05) is 16.7 Å². The van der Waals surface area contributed by atoms with Gasteiger partial charge in [-0.3, -0.25) is 0 Å². The van der Waals surface area contributed by atoms with Crippen molar-refractivity contribution in [3.8, 4) is 45.3 Å². The lowest BCUT2D eigenvalue weighted by Gasteiger charge is -2.14. The van der Waals surface area contributed by atoms with E-state index < -0.39 is 0 Å². The second-order valence-corrected chi connectivity index (χ2v) is 12.8. The highest BCUT2D eigenvalue weighted by Gasteiger charge is 2.17. The van der Waals surface area contributed by atoms with E-state index in [0.717, 1.165) is 27.5 Å². The molecule has 0 saturated carbocycles. The quantitative estimate of drug-likeness (QED) is 0.181. The first kappa shape index (κ1) is 28.3. The smallest absolute Gasteiger partial charge is 0.164 e. The normalized spacial score (nSPS) is 11.6. The maximum atomic E-state index is 5.06. The van der Waals surface area contributed by atoms with Crippen molar-refractivity contribution in [1.29, 1.82) is 0 Å². The van der Waals surface area contributed by atoms with Crippen LogP contribution in [0.2, 0.25) is 0 Å². The Morgan fingerprint density at radius 1 is 0.260 bits per heavy atom. The first-order chi connectivity index (χ1) is 24.8. The molecule has 1 aromatic heterocycles. The fourth-order valence-corrected chi connectivity index (χ4v) is 7.48. The van der Waals surface area contributed by atoms with Crippen molar-refractivity contribution in [2.75, 3.05) is 0 Å². The minimum Gasteiger partial charge on any atom is -0.208 e. The number of rotatable bonds is 4. The molecule has 0 spiro atoms. The van der Waals surface area contributed by atoms with E-state index in [1.165, 1.54) is 54.2 Å². The molecule has 0 unspecified atom stereocenters. The fourth-order valence-electron chi connectivity index (χ4n) is 7.48. The van der Waals surface area contributed by atoms with Crippen LogP contribution in [-0.4, -0.2) is 15.0 Å². The Hall–Kier alpha value is -6.71. The minimum absolute atomic E-state index is 0.656. The van der Waals surface area contributed by atoms with Gasteiger partial charge in [-0.05, 0) is 77.1 Å². The molecule has 10 rings (SSSR count). The highest BCUT2D eigenvalue weighted by atomic mass is 15.0. The number of hydrogen-bond acceptors (Lipinski definition) is 3. The van der Waals surface area contributed by atoms with E-state index in [9.17, 15) is 0 Å². The third-order valence-electron chi connectivity index (χ3n) is 9.90. The molecule has 1 heterocycles. The summed E-state index contributed by atoms with van der Waals surface area (Å²) < 4.78 is 0. The number of benzene rings is 9. The van der Waals surface area contributed by atoms with Crippen molar-refractivity contribution < 1.29 is 0 Å². The maximum Gasteiger partial charge on any atom is 0.164 e. The fraction of sp³-hybridized carbons (Fsp3) is 0. The molecule has 0 N–H and O–H groups in total. The highest BCUT2D eigenvalue weighted by Crippen LogP contribution is 2.40. The Labute approximate surface area is 289 Å². The molecule has 0 amide bonds. The summed E-state index contributed by atoms with van der Waals surface area (Å²) in [4.78, 5) is 15.0. The number of nitrogens with zero attached hydrogens (tertiary/aromatic N) is 3. The predicted molar refractivity (Wildman–Crippen MR) is 209 cm³/mol. The SMILES string of the molecule is c1ccc(-c2nc(-c3ccccc3)nc(-c3ccc(-c4ccc5ccc6ccc7c8ccccc8ccc7c6c5c4)c4ccccc34)n2)cc1. The van der Waals surface area contributed by atoms with E-state index in [1.807, 2.05) is 60.7 Å². The molecule has 9 aromatic carbocycles. The molecule has 0 radical (unpaired) electrons. The van der Waals surface area contributed by atoms with Crippen LogP contribution in [0.15, 0.2) is 176 Å². The van der Waals surface area contributed by atoms with Gasteiger partial charge in [0.1, 0.15) is 0 Å². The second kappa shape index (κ2) is 11.5. The molecule has 3 nitrogen and oxygen atoms in total. The first-order valence-corrected chi connectivity index (χ1v) is 16.9. The standard InChI is InChI=1S/C47H29N3/c1-3-12-33(13-4-1)45-48-46(34-14-5-2-6-15-34)50-47(49-45)42-28-27-37(38-17-9-10-18-39(38)42)35-22-20-31-19-21-32-24-25-40-36-16-8-7-11-30(36)23-26-41(40)44(32)43(31)29-35/h1-29H. The van der Waals surface area contributed by atoms with Crippen LogP contribution in [0, 0.1) is 0 Å². The predicted octanol–water partition coefficient (Wildman–Crippen LogP) is 12.3. The summed E-state index contributed by atoms with van der Waals surface area (Å²) in [7, 11) is 0. The van der Waals surface area contributed by atoms with Crippen molar-refractivity contribution in [3.05, 3.63) is 176 Å². The molecule has 3 heteroatoms. The molecule has 0 bridgehead atoms. The molecule has 0 atom stereocenters. The Balaban J connectivity index is 1.18. The van der Waals surface area contributed by atoms with Gasteiger partial charge in [0.15, 0.2) is 17.5 Å². The number of hydrogen-bond donors (Lipinski definition) is 0. The summed E-state index contributed by atoms with van der Waals surface area (Å²) in [6.07, 6.45) is 0. The Bertz CT molecular complexity index is 2860. The van der Waals surface area contributed by atoms with E-state index in [-0.39, 0.29) is 0 Å². The summed E-state index contributed by atoms with van der Waals surface area (Å²) in [6.45, 7) is 0. The summed E-state index contributed by atoms with van der Waals surface area (Å²) in [5.74, 6) is 1.97. The van der Waals surface area contributed by atoms with Crippen molar-refractivity contribution >= 4 is 53.9 Å². The molecule has 0 aliphatic rings. The molecule has 10 aromatic rings. The van der Waals surface area contributed by atoms with Gasteiger partial charge >= 0.3 is 0 Å². The third-order valence-corrected chi connectivity index (χ3v) is 9.90. The van der Waals surface area contributed by atoms with E-state index in [0.29, 0.717) is 17.5 Å². The molecule has 50 heavy (non-hydrogen) atoms. The lowest BCUT2D eigenvalue weighted by atomic mass is 9.90. The average molecular weight is 636 g/mol. The van der Waals surface area contributed by atoms with Gasteiger partial charge in [-0.25, -0.2) is 15.0 Å². The highest BCUT2D eigenvalue weighted by molar-refractivity contribution is 6.25. The maximum absolute atomic E-state index is 5.06. The molecule has 0 saturated heterocycles. The molecule has 0 fully saturated rings. The van der Waals surface area contributed by atoms with Gasteiger partial charge in [-0.15, -0.1) is 0 Å². The first-order valence-electron chi connectivity index (χ1n) is 16.9. The van der Waals surface area contributed by atoms with Crippen LogP contribution in [0.3, 0.4) is 0 Å². The molecular weight excluding hydrogens is 607 g/mol. The van der Waals surface area contributed by atoms with Gasteiger partial charge in [-0.1, -0.05) is 164 Å². The van der Waals surface area contributed by atoms with Crippen LogP contribution in [0.25, 0.3) is 99.2 Å². The van der Waals surface area contributed by atoms with Crippen molar-refractivity contribution in [1.82, 2.24) is 15.0 Å². The van der Waals surface area contributed by atoms with E-state index in [2.05, 4.69) is 115 Å². The summed E-state index contributed by atoms with van der Waals surface area (Å²) in [6, 6.07) is 62.4. The van der Waals surface area contributed by atoms with E-state index in [4.69, 9.17) is 15.0 Å². The number of aromatic nitrogens is 3.